The van der Waals surface area contributed by atoms with Crippen LogP contribution in [0.15, 0.2) is 18.3 Å². The zero-order valence-electron chi connectivity index (χ0n) is 11.1. The molecule has 104 valence electrons. The van der Waals surface area contributed by atoms with E-state index in [9.17, 15) is 0 Å². The SMILES string of the molecule is NC(c1ncccc1Cl)C1CCOC2(CCCC2)C1. The van der Waals surface area contributed by atoms with Gasteiger partial charge in [0.2, 0.25) is 0 Å². The molecular weight excluding hydrogens is 260 g/mol. The second kappa shape index (κ2) is 5.39. The van der Waals surface area contributed by atoms with Crippen molar-refractivity contribution in [3.05, 3.63) is 29.0 Å². The van der Waals surface area contributed by atoms with E-state index in [-0.39, 0.29) is 11.6 Å². The molecule has 4 heteroatoms. The first-order valence-electron chi connectivity index (χ1n) is 7.20. The Labute approximate surface area is 119 Å². The molecule has 3 nitrogen and oxygen atoms in total. The Morgan fingerprint density at radius 3 is 2.95 bits per heavy atom. The van der Waals surface area contributed by atoms with Gasteiger partial charge in [0, 0.05) is 12.8 Å². The summed E-state index contributed by atoms with van der Waals surface area (Å²) in [6.45, 7) is 0.822. The molecule has 1 aromatic rings. The zero-order valence-corrected chi connectivity index (χ0v) is 11.9. The number of ether oxygens (including phenoxy) is 1. The average Bonchev–Trinajstić information content (AvgIpc) is 2.86. The second-order valence-electron chi connectivity index (χ2n) is 5.89. The van der Waals surface area contributed by atoms with Crippen molar-refractivity contribution in [2.45, 2.75) is 50.2 Å². The highest BCUT2D eigenvalue weighted by molar-refractivity contribution is 6.31. The van der Waals surface area contributed by atoms with E-state index in [0.29, 0.717) is 10.9 Å². The smallest absolute Gasteiger partial charge is 0.0759 e. The number of pyridine rings is 1. The molecule has 1 saturated heterocycles. The maximum absolute atomic E-state index is 6.42. The van der Waals surface area contributed by atoms with Gasteiger partial charge in [-0.15, -0.1) is 0 Å². The van der Waals surface area contributed by atoms with E-state index in [2.05, 4.69) is 4.98 Å². The molecule has 2 atom stereocenters. The minimum Gasteiger partial charge on any atom is -0.375 e. The first-order valence-corrected chi connectivity index (χ1v) is 7.58. The van der Waals surface area contributed by atoms with Crippen molar-refractivity contribution in [3.63, 3.8) is 0 Å². The van der Waals surface area contributed by atoms with E-state index in [4.69, 9.17) is 22.1 Å². The van der Waals surface area contributed by atoms with Crippen molar-refractivity contribution in [2.24, 2.45) is 11.7 Å². The minimum atomic E-state index is -0.0740. The standard InChI is InChI=1S/C15H21ClN2O/c16-12-4-3-8-18-14(12)13(17)11-5-9-19-15(10-11)6-1-2-7-15/h3-4,8,11,13H,1-2,5-7,9-10,17H2. The molecule has 2 fully saturated rings. The van der Waals surface area contributed by atoms with E-state index in [1.54, 1.807) is 6.20 Å². The van der Waals surface area contributed by atoms with Crippen molar-refractivity contribution in [1.82, 2.24) is 4.98 Å². The van der Waals surface area contributed by atoms with E-state index in [1.165, 1.54) is 25.7 Å². The first kappa shape index (κ1) is 13.3. The molecule has 0 aromatic carbocycles. The molecule has 1 spiro atoms. The van der Waals surface area contributed by atoms with Gasteiger partial charge in [0.1, 0.15) is 0 Å². The Bertz CT molecular complexity index is 446. The summed E-state index contributed by atoms with van der Waals surface area (Å²) in [5, 5.41) is 0.682. The maximum atomic E-state index is 6.42. The lowest BCUT2D eigenvalue weighted by Gasteiger charge is -2.40. The molecule has 0 amide bonds. The monoisotopic (exact) mass is 280 g/mol. The lowest BCUT2D eigenvalue weighted by Crippen LogP contribution is -2.41. The Kier molecular flexibility index (Phi) is 3.79. The van der Waals surface area contributed by atoms with Gasteiger partial charge in [-0.25, -0.2) is 0 Å². The number of rotatable bonds is 2. The minimum absolute atomic E-state index is 0.0740. The molecule has 0 radical (unpaired) electrons. The van der Waals surface area contributed by atoms with Crippen LogP contribution in [-0.4, -0.2) is 17.2 Å². The molecule has 1 aliphatic heterocycles. The van der Waals surface area contributed by atoms with Gasteiger partial charge in [0.05, 0.1) is 22.4 Å². The third-order valence-corrected chi connectivity index (χ3v) is 4.98. The van der Waals surface area contributed by atoms with Gasteiger partial charge in [-0.1, -0.05) is 24.4 Å². The van der Waals surface area contributed by atoms with Crippen LogP contribution in [0.25, 0.3) is 0 Å². The fourth-order valence-electron chi connectivity index (χ4n) is 3.61. The number of nitrogens with two attached hydrogens (primary N) is 1. The number of hydrogen-bond donors (Lipinski definition) is 1. The number of nitrogens with zero attached hydrogens (tertiary/aromatic N) is 1. The van der Waals surface area contributed by atoms with Crippen LogP contribution in [0, 0.1) is 5.92 Å². The van der Waals surface area contributed by atoms with Crippen molar-refractivity contribution in [1.29, 1.82) is 0 Å². The molecule has 2 unspecified atom stereocenters. The van der Waals surface area contributed by atoms with Gasteiger partial charge >= 0.3 is 0 Å². The molecule has 1 aromatic heterocycles. The summed E-state index contributed by atoms with van der Waals surface area (Å²) in [5.74, 6) is 0.430. The summed E-state index contributed by atoms with van der Waals surface area (Å²) in [7, 11) is 0. The van der Waals surface area contributed by atoms with Crippen molar-refractivity contribution in [3.8, 4) is 0 Å². The molecule has 1 aliphatic carbocycles. The van der Waals surface area contributed by atoms with Gasteiger partial charge in [-0.05, 0) is 43.7 Å². The van der Waals surface area contributed by atoms with Crippen molar-refractivity contribution >= 4 is 11.6 Å². The summed E-state index contributed by atoms with van der Waals surface area (Å²) >= 11 is 6.22. The van der Waals surface area contributed by atoms with Gasteiger partial charge in [-0.2, -0.15) is 0 Å². The molecule has 2 N–H and O–H groups in total. The summed E-state index contributed by atoms with van der Waals surface area (Å²) in [6.07, 6.45) is 8.78. The lowest BCUT2D eigenvalue weighted by molar-refractivity contribution is -0.0965. The highest BCUT2D eigenvalue weighted by Crippen LogP contribution is 2.45. The normalized spacial score (nSPS) is 27.6. The third-order valence-electron chi connectivity index (χ3n) is 4.66. The van der Waals surface area contributed by atoms with E-state index < -0.39 is 0 Å². The molecule has 3 rings (SSSR count). The predicted octanol–water partition coefficient (Wildman–Crippen LogP) is 3.47. The zero-order chi connectivity index (χ0) is 13.3. The van der Waals surface area contributed by atoms with E-state index >= 15 is 0 Å². The Balaban J connectivity index is 1.76. The fourth-order valence-corrected chi connectivity index (χ4v) is 3.85. The van der Waals surface area contributed by atoms with Crippen LogP contribution < -0.4 is 5.73 Å². The second-order valence-corrected chi connectivity index (χ2v) is 6.29. The van der Waals surface area contributed by atoms with Crippen LogP contribution in [0.3, 0.4) is 0 Å². The first-order chi connectivity index (χ1) is 9.20. The van der Waals surface area contributed by atoms with Crippen LogP contribution in [0.2, 0.25) is 5.02 Å². The van der Waals surface area contributed by atoms with Crippen LogP contribution in [0.4, 0.5) is 0 Å². The van der Waals surface area contributed by atoms with Gasteiger partial charge in [0.25, 0.3) is 0 Å². The molecule has 2 aliphatic rings. The van der Waals surface area contributed by atoms with Crippen LogP contribution in [0.5, 0.6) is 0 Å². The topological polar surface area (TPSA) is 48.1 Å². The molecule has 0 bridgehead atoms. The molecular formula is C15H21ClN2O. The predicted molar refractivity (Wildman–Crippen MR) is 76.1 cm³/mol. The van der Waals surface area contributed by atoms with E-state index in [1.807, 2.05) is 12.1 Å². The van der Waals surface area contributed by atoms with Gasteiger partial charge in [0.15, 0.2) is 0 Å². The van der Waals surface area contributed by atoms with Crippen LogP contribution in [0.1, 0.15) is 50.3 Å². The largest absolute Gasteiger partial charge is 0.375 e. The van der Waals surface area contributed by atoms with Gasteiger partial charge < -0.3 is 10.5 Å². The lowest BCUT2D eigenvalue weighted by atomic mass is 9.80. The Morgan fingerprint density at radius 1 is 1.42 bits per heavy atom. The Hall–Kier alpha value is -0.640. The number of halogens is 1. The van der Waals surface area contributed by atoms with Crippen molar-refractivity contribution in [2.75, 3.05) is 6.61 Å². The summed E-state index contributed by atoms with van der Waals surface area (Å²) in [5.41, 5.74) is 7.36. The highest BCUT2D eigenvalue weighted by atomic mass is 35.5. The maximum Gasteiger partial charge on any atom is 0.0759 e. The van der Waals surface area contributed by atoms with Crippen LogP contribution >= 0.6 is 11.6 Å². The molecule has 2 heterocycles. The molecule has 1 saturated carbocycles. The number of hydrogen-bond acceptors (Lipinski definition) is 3. The summed E-state index contributed by atoms with van der Waals surface area (Å²) in [6, 6.07) is 3.64. The summed E-state index contributed by atoms with van der Waals surface area (Å²) < 4.78 is 6.06. The highest BCUT2D eigenvalue weighted by Gasteiger charge is 2.42. The van der Waals surface area contributed by atoms with Gasteiger partial charge in [-0.3, -0.25) is 4.98 Å². The Morgan fingerprint density at radius 2 is 2.21 bits per heavy atom. The van der Waals surface area contributed by atoms with Crippen molar-refractivity contribution < 1.29 is 4.74 Å². The quantitative estimate of drug-likeness (QED) is 0.902. The summed E-state index contributed by atoms with van der Waals surface area (Å²) in [4.78, 5) is 4.37. The molecule has 19 heavy (non-hydrogen) atoms. The average molecular weight is 281 g/mol. The van der Waals surface area contributed by atoms with Crippen LogP contribution in [-0.2, 0) is 4.74 Å². The fraction of sp³-hybridized carbons (Fsp3) is 0.667. The third kappa shape index (κ3) is 2.64. The number of aromatic nitrogens is 1. The van der Waals surface area contributed by atoms with E-state index in [0.717, 1.165) is 25.1 Å².